The average molecular weight is 332 g/mol. The first-order valence-electron chi connectivity index (χ1n) is 8.59. The maximum atomic E-state index is 12.8. The largest absolute Gasteiger partial charge is 0.338 e. The summed E-state index contributed by atoms with van der Waals surface area (Å²) in [6.07, 6.45) is 7.40. The Morgan fingerprint density at radius 1 is 1.12 bits per heavy atom. The van der Waals surface area contributed by atoms with E-state index in [0.717, 1.165) is 37.3 Å². The second kappa shape index (κ2) is 6.89. The summed E-state index contributed by atoms with van der Waals surface area (Å²) in [5, 5.41) is 4.23. The maximum absolute atomic E-state index is 12.8. The molecule has 0 spiro atoms. The molecule has 0 N–H and O–H groups in total. The van der Waals surface area contributed by atoms with Gasteiger partial charge < -0.3 is 4.90 Å². The minimum Gasteiger partial charge on any atom is -0.338 e. The van der Waals surface area contributed by atoms with E-state index in [2.05, 4.69) is 16.1 Å². The molecule has 0 aliphatic carbocycles. The van der Waals surface area contributed by atoms with Crippen molar-refractivity contribution in [3.05, 3.63) is 78.4 Å². The van der Waals surface area contributed by atoms with Gasteiger partial charge in [-0.15, -0.1) is 0 Å². The van der Waals surface area contributed by atoms with Crippen molar-refractivity contribution < 1.29 is 4.79 Å². The molecule has 1 aliphatic heterocycles. The molecule has 25 heavy (non-hydrogen) atoms. The predicted molar refractivity (Wildman–Crippen MR) is 95.5 cm³/mol. The summed E-state index contributed by atoms with van der Waals surface area (Å²) >= 11 is 0. The summed E-state index contributed by atoms with van der Waals surface area (Å²) in [5.41, 5.74) is 2.72. The van der Waals surface area contributed by atoms with Crippen molar-refractivity contribution in [1.29, 1.82) is 0 Å². The van der Waals surface area contributed by atoms with Crippen molar-refractivity contribution in [3.63, 3.8) is 0 Å². The SMILES string of the molecule is O=C(c1cccc(-n2cccn2)c1)N1CCC(Cc2ccccn2)C1. The molecule has 1 aromatic carbocycles. The van der Waals surface area contributed by atoms with Gasteiger partial charge in [-0.1, -0.05) is 12.1 Å². The number of hydrogen-bond acceptors (Lipinski definition) is 3. The van der Waals surface area contributed by atoms with Gasteiger partial charge in [0.2, 0.25) is 0 Å². The van der Waals surface area contributed by atoms with Gasteiger partial charge in [0.25, 0.3) is 5.91 Å². The van der Waals surface area contributed by atoms with Crippen LogP contribution in [0.1, 0.15) is 22.5 Å². The van der Waals surface area contributed by atoms with E-state index in [1.54, 1.807) is 10.9 Å². The molecular formula is C20H20N4O. The number of rotatable bonds is 4. The Kier molecular flexibility index (Phi) is 4.29. The van der Waals surface area contributed by atoms with Crippen LogP contribution in [0.4, 0.5) is 0 Å². The third-order valence-corrected chi connectivity index (χ3v) is 4.66. The molecule has 4 rings (SSSR count). The molecule has 1 unspecified atom stereocenters. The highest BCUT2D eigenvalue weighted by molar-refractivity contribution is 5.95. The fourth-order valence-corrected chi connectivity index (χ4v) is 3.38. The highest BCUT2D eigenvalue weighted by Crippen LogP contribution is 2.22. The smallest absolute Gasteiger partial charge is 0.253 e. The third-order valence-electron chi connectivity index (χ3n) is 4.66. The highest BCUT2D eigenvalue weighted by atomic mass is 16.2. The molecule has 1 amide bonds. The zero-order chi connectivity index (χ0) is 17.1. The molecule has 1 aliphatic rings. The minimum absolute atomic E-state index is 0.0949. The monoisotopic (exact) mass is 332 g/mol. The second-order valence-electron chi connectivity index (χ2n) is 6.43. The quantitative estimate of drug-likeness (QED) is 0.738. The lowest BCUT2D eigenvalue weighted by Gasteiger charge is -2.17. The zero-order valence-corrected chi connectivity index (χ0v) is 14.0. The van der Waals surface area contributed by atoms with Crippen LogP contribution >= 0.6 is 0 Å². The van der Waals surface area contributed by atoms with Crippen molar-refractivity contribution in [2.75, 3.05) is 13.1 Å². The fourth-order valence-electron chi connectivity index (χ4n) is 3.38. The van der Waals surface area contributed by atoms with Crippen LogP contribution in [-0.2, 0) is 6.42 Å². The molecule has 2 aromatic heterocycles. The summed E-state index contributed by atoms with van der Waals surface area (Å²) in [7, 11) is 0. The zero-order valence-electron chi connectivity index (χ0n) is 14.0. The van der Waals surface area contributed by atoms with Gasteiger partial charge in [-0.2, -0.15) is 5.10 Å². The average Bonchev–Trinajstić information content (AvgIpc) is 3.34. The number of amides is 1. The van der Waals surface area contributed by atoms with Crippen LogP contribution in [0.2, 0.25) is 0 Å². The number of hydrogen-bond donors (Lipinski definition) is 0. The van der Waals surface area contributed by atoms with Gasteiger partial charge in [-0.05, 0) is 55.2 Å². The topological polar surface area (TPSA) is 51.0 Å². The van der Waals surface area contributed by atoms with Gasteiger partial charge >= 0.3 is 0 Å². The van der Waals surface area contributed by atoms with E-state index >= 15 is 0 Å². The van der Waals surface area contributed by atoms with E-state index in [1.165, 1.54) is 0 Å². The molecule has 1 atom stereocenters. The van der Waals surface area contributed by atoms with Gasteiger partial charge in [0.1, 0.15) is 0 Å². The fraction of sp³-hybridized carbons (Fsp3) is 0.250. The molecule has 5 heteroatoms. The first kappa shape index (κ1) is 15.6. The molecule has 1 fully saturated rings. The van der Waals surface area contributed by atoms with Gasteiger partial charge in [-0.25, -0.2) is 4.68 Å². The van der Waals surface area contributed by atoms with Gasteiger partial charge in [0, 0.05) is 42.9 Å². The standard InChI is InChI=1S/C20H20N4O/c25-20(17-5-3-7-19(14-17)24-11-4-10-22-24)23-12-8-16(15-23)13-18-6-1-2-9-21-18/h1-7,9-11,14,16H,8,12-13,15H2. The Balaban J connectivity index is 1.44. The number of aromatic nitrogens is 3. The molecule has 1 saturated heterocycles. The normalized spacial score (nSPS) is 17.0. The minimum atomic E-state index is 0.0949. The number of carbonyl (C=O) groups excluding carboxylic acids is 1. The van der Waals surface area contributed by atoms with Gasteiger partial charge in [-0.3, -0.25) is 9.78 Å². The Labute approximate surface area is 146 Å². The molecular weight excluding hydrogens is 312 g/mol. The first-order valence-corrected chi connectivity index (χ1v) is 8.59. The van der Waals surface area contributed by atoms with Crippen LogP contribution in [0, 0.1) is 5.92 Å². The Bertz CT molecular complexity index is 845. The highest BCUT2D eigenvalue weighted by Gasteiger charge is 2.27. The Morgan fingerprint density at radius 3 is 2.88 bits per heavy atom. The van der Waals surface area contributed by atoms with Gasteiger partial charge in [0.05, 0.1) is 5.69 Å². The van der Waals surface area contributed by atoms with E-state index in [0.29, 0.717) is 11.5 Å². The number of carbonyl (C=O) groups is 1. The van der Waals surface area contributed by atoms with Crippen LogP contribution in [0.15, 0.2) is 67.1 Å². The number of likely N-dealkylation sites (tertiary alicyclic amines) is 1. The van der Waals surface area contributed by atoms with Gasteiger partial charge in [0.15, 0.2) is 0 Å². The summed E-state index contributed by atoms with van der Waals surface area (Å²) in [6, 6.07) is 15.5. The lowest BCUT2D eigenvalue weighted by Crippen LogP contribution is -2.29. The van der Waals surface area contributed by atoms with Crippen LogP contribution in [0.25, 0.3) is 5.69 Å². The number of benzene rings is 1. The van der Waals surface area contributed by atoms with Crippen LogP contribution in [0.3, 0.4) is 0 Å². The van der Waals surface area contributed by atoms with Crippen LogP contribution in [0.5, 0.6) is 0 Å². The third kappa shape index (κ3) is 3.45. The first-order chi connectivity index (χ1) is 12.3. The molecule has 126 valence electrons. The van der Waals surface area contributed by atoms with Crippen molar-refractivity contribution in [1.82, 2.24) is 19.7 Å². The van der Waals surface area contributed by atoms with E-state index in [4.69, 9.17) is 0 Å². The Hall–Kier alpha value is -2.95. The number of nitrogens with zero attached hydrogens (tertiary/aromatic N) is 4. The second-order valence-corrected chi connectivity index (χ2v) is 6.43. The molecule has 5 nitrogen and oxygen atoms in total. The Morgan fingerprint density at radius 2 is 2.08 bits per heavy atom. The van der Waals surface area contributed by atoms with E-state index in [9.17, 15) is 4.79 Å². The van der Waals surface area contributed by atoms with Crippen molar-refractivity contribution in [2.24, 2.45) is 5.92 Å². The maximum Gasteiger partial charge on any atom is 0.253 e. The van der Waals surface area contributed by atoms with Crippen molar-refractivity contribution in [3.8, 4) is 5.69 Å². The molecule has 0 saturated carbocycles. The summed E-state index contributed by atoms with van der Waals surface area (Å²) in [6.45, 7) is 1.60. The summed E-state index contributed by atoms with van der Waals surface area (Å²) < 4.78 is 1.77. The van der Waals surface area contributed by atoms with E-state index in [1.807, 2.05) is 59.8 Å². The lowest BCUT2D eigenvalue weighted by molar-refractivity contribution is 0.0787. The van der Waals surface area contributed by atoms with Crippen LogP contribution in [-0.4, -0.2) is 38.7 Å². The lowest BCUT2D eigenvalue weighted by atomic mass is 10.0. The predicted octanol–water partition coefficient (Wildman–Crippen LogP) is 2.97. The molecule has 0 radical (unpaired) electrons. The van der Waals surface area contributed by atoms with Crippen LogP contribution < -0.4 is 0 Å². The molecule has 3 aromatic rings. The molecule has 0 bridgehead atoms. The van der Waals surface area contributed by atoms with Crippen molar-refractivity contribution >= 4 is 5.91 Å². The van der Waals surface area contributed by atoms with E-state index < -0.39 is 0 Å². The van der Waals surface area contributed by atoms with E-state index in [-0.39, 0.29) is 5.91 Å². The van der Waals surface area contributed by atoms with Crippen molar-refractivity contribution in [2.45, 2.75) is 12.8 Å². The molecule has 3 heterocycles. The summed E-state index contributed by atoms with van der Waals surface area (Å²) in [4.78, 5) is 19.2. The summed E-state index contributed by atoms with van der Waals surface area (Å²) in [5.74, 6) is 0.575. The number of pyridine rings is 1.